The highest BCUT2D eigenvalue weighted by Crippen LogP contribution is 2.17. The highest BCUT2D eigenvalue weighted by atomic mass is 19.1. The van der Waals surface area contributed by atoms with E-state index in [9.17, 15) is 9.18 Å². The summed E-state index contributed by atoms with van der Waals surface area (Å²) in [5.41, 5.74) is 4.09. The summed E-state index contributed by atoms with van der Waals surface area (Å²) < 4.78 is 13.4. The van der Waals surface area contributed by atoms with Gasteiger partial charge in [-0.1, -0.05) is 36.4 Å². The van der Waals surface area contributed by atoms with Crippen molar-refractivity contribution in [3.8, 4) is 0 Å². The first-order chi connectivity index (χ1) is 10.3. The molecule has 1 aromatic heterocycles. The fourth-order valence-corrected chi connectivity index (χ4v) is 2.06. The number of benzene rings is 2. The number of fused-ring (bicyclic) bond motifs is 1. The highest BCUT2D eigenvalue weighted by Gasteiger charge is 2.10. The van der Waals surface area contributed by atoms with Crippen LogP contribution in [-0.2, 0) is 0 Å². The van der Waals surface area contributed by atoms with E-state index in [0.717, 1.165) is 10.9 Å². The number of nitrogens with zero attached hydrogens (tertiary/aromatic N) is 1. The molecule has 1 amide bonds. The van der Waals surface area contributed by atoms with Crippen molar-refractivity contribution >= 4 is 23.0 Å². The van der Waals surface area contributed by atoms with Gasteiger partial charge in [0.2, 0.25) is 0 Å². The van der Waals surface area contributed by atoms with Gasteiger partial charge in [-0.25, -0.2) is 9.82 Å². The minimum Gasteiger partial charge on any atom is -0.360 e. The van der Waals surface area contributed by atoms with Crippen LogP contribution in [0.1, 0.15) is 15.9 Å². The van der Waals surface area contributed by atoms with Crippen LogP contribution in [0.5, 0.6) is 0 Å². The fraction of sp³-hybridized carbons (Fsp3) is 0. The normalized spacial score (nSPS) is 11.1. The minimum absolute atomic E-state index is 0.316. The van der Waals surface area contributed by atoms with Crippen LogP contribution in [0, 0.1) is 5.82 Å². The van der Waals surface area contributed by atoms with E-state index < -0.39 is 0 Å². The molecule has 0 aliphatic carbocycles. The van der Waals surface area contributed by atoms with Crippen molar-refractivity contribution in [1.82, 2.24) is 10.4 Å². The third kappa shape index (κ3) is 2.67. The van der Waals surface area contributed by atoms with Gasteiger partial charge in [-0.05, 0) is 12.1 Å². The number of rotatable bonds is 3. The quantitative estimate of drug-likeness (QED) is 0.562. The molecule has 0 spiro atoms. The second-order valence-corrected chi connectivity index (χ2v) is 4.47. The summed E-state index contributed by atoms with van der Waals surface area (Å²) in [6.07, 6.45) is 2.90. The number of carbonyl (C=O) groups is 1. The summed E-state index contributed by atoms with van der Waals surface area (Å²) in [6.45, 7) is 0. The zero-order valence-electron chi connectivity index (χ0n) is 11.0. The SMILES string of the molecule is O=C(NN=Cc1ccccc1F)c1c[nH]c2ccccc12. The van der Waals surface area contributed by atoms with Crippen LogP contribution in [0.3, 0.4) is 0 Å². The first kappa shape index (κ1) is 13.1. The predicted molar refractivity (Wildman–Crippen MR) is 79.8 cm³/mol. The minimum atomic E-state index is -0.386. The summed E-state index contributed by atoms with van der Waals surface area (Å²) in [5, 5.41) is 4.60. The van der Waals surface area contributed by atoms with Crippen molar-refractivity contribution in [2.45, 2.75) is 0 Å². The van der Waals surface area contributed by atoms with Gasteiger partial charge in [-0.2, -0.15) is 5.10 Å². The molecule has 104 valence electrons. The molecule has 4 nitrogen and oxygen atoms in total. The van der Waals surface area contributed by atoms with Gasteiger partial charge in [-0.15, -0.1) is 0 Å². The van der Waals surface area contributed by atoms with Gasteiger partial charge in [0.25, 0.3) is 5.91 Å². The zero-order chi connectivity index (χ0) is 14.7. The Hall–Kier alpha value is -2.95. The van der Waals surface area contributed by atoms with E-state index in [1.807, 2.05) is 24.3 Å². The van der Waals surface area contributed by atoms with E-state index in [1.54, 1.807) is 24.4 Å². The first-order valence-corrected chi connectivity index (χ1v) is 6.40. The maximum Gasteiger partial charge on any atom is 0.273 e. The molecule has 2 aromatic carbocycles. The number of halogens is 1. The zero-order valence-corrected chi connectivity index (χ0v) is 11.0. The monoisotopic (exact) mass is 281 g/mol. The molecule has 5 heteroatoms. The lowest BCUT2D eigenvalue weighted by Crippen LogP contribution is -2.17. The number of amides is 1. The molecule has 0 aliphatic heterocycles. The molecule has 0 aliphatic rings. The highest BCUT2D eigenvalue weighted by molar-refractivity contribution is 6.06. The molecular formula is C16H12FN3O. The average Bonchev–Trinajstić information content (AvgIpc) is 2.93. The molecule has 3 rings (SSSR count). The van der Waals surface area contributed by atoms with E-state index in [-0.39, 0.29) is 11.7 Å². The second kappa shape index (κ2) is 5.58. The van der Waals surface area contributed by atoms with Crippen molar-refractivity contribution in [1.29, 1.82) is 0 Å². The van der Waals surface area contributed by atoms with Gasteiger partial charge in [0, 0.05) is 22.7 Å². The van der Waals surface area contributed by atoms with Crippen LogP contribution in [0.15, 0.2) is 59.8 Å². The molecule has 21 heavy (non-hydrogen) atoms. The summed E-state index contributed by atoms with van der Waals surface area (Å²) in [7, 11) is 0. The second-order valence-electron chi connectivity index (χ2n) is 4.47. The number of para-hydroxylation sites is 1. The number of hydrogen-bond acceptors (Lipinski definition) is 2. The molecule has 0 atom stereocenters. The van der Waals surface area contributed by atoms with Gasteiger partial charge < -0.3 is 4.98 Å². The van der Waals surface area contributed by atoms with E-state index in [0.29, 0.717) is 11.1 Å². The maximum atomic E-state index is 13.4. The van der Waals surface area contributed by atoms with Crippen molar-refractivity contribution in [2.24, 2.45) is 5.10 Å². The van der Waals surface area contributed by atoms with Crippen LogP contribution in [0.2, 0.25) is 0 Å². The fourth-order valence-electron chi connectivity index (χ4n) is 2.06. The standard InChI is InChI=1S/C16H12FN3O/c17-14-7-3-1-5-11(14)9-19-20-16(21)13-10-18-15-8-4-2-6-12(13)15/h1-10,18H,(H,20,21). The van der Waals surface area contributed by atoms with E-state index in [1.165, 1.54) is 12.3 Å². The van der Waals surface area contributed by atoms with Crippen LogP contribution in [0.4, 0.5) is 4.39 Å². The molecule has 0 radical (unpaired) electrons. The van der Waals surface area contributed by atoms with Crippen molar-refractivity contribution in [3.63, 3.8) is 0 Å². The summed E-state index contributed by atoms with van der Waals surface area (Å²) in [4.78, 5) is 15.1. The van der Waals surface area contributed by atoms with Crippen LogP contribution >= 0.6 is 0 Å². The van der Waals surface area contributed by atoms with Gasteiger partial charge in [-0.3, -0.25) is 4.79 Å². The Morgan fingerprint density at radius 1 is 1.14 bits per heavy atom. The number of H-pyrrole nitrogens is 1. The molecule has 2 N–H and O–H groups in total. The molecule has 0 saturated carbocycles. The molecule has 0 unspecified atom stereocenters. The summed E-state index contributed by atoms with van der Waals surface area (Å²) in [6, 6.07) is 13.7. The van der Waals surface area contributed by atoms with Crippen molar-refractivity contribution in [3.05, 3.63) is 71.7 Å². The average molecular weight is 281 g/mol. The van der Waals surface area contributed by atoms with Gasteiger partial charge in [0.05, 0.1) is 11.8 Å². The predicted octanol–water partition coefficient (Wildman–Crippen LogP) is 3.07. The first-order valence-electron chi connectivity index (χ1n) is 6.40. The Balaban J connectivity index is 1.77. The lowest BCUT2D eigenvalue weighted by molar-refractivity contribution is 0.0957. The van der Waals surface area contributed by atoms with Crippen LogP contribution in [0.25, 0.3) is 10.9 Å². The lowest BCUT2D eigenvalue weighted by atomic mass is 10.2. The molecule has 0 bridgehead atoms. The van der Waals surface area contributed by atoms with Gasteiger partial charge in [0.15, 0.2) is 0 Å². The van der Waals surface area contributed by atoms with Crippen molar-refractivity contribution in [2.75, 3.05) is 0 Å². The van der Waals surface area contributed by atoms with E-state index >= 15 is 0 Å². The third-order valence-electron chi connectivity index (χ3n) is 3.11. The molecule has 0 fully saturated rings. The number of hydrazone groups is 1. The molecule has 0 saturated heterocycles. The third-order valence-corrected chi connectivity index (χ3v) is 3.11. The molecule has 1 heterocycles. The summed E-state index contributed by atoms with van der Waals surface area (Å²) >= 11 is 0. The van der Waals surface area contributed by atoms with Crippen molar-refractivity contribution < 1.29 is 9.18 Å². The Labute approximate surface area is 120 Å². The van der Waals surface area contributed by atoms with E-state index in [2.05, 4.69) is 15.5 Å². The smallest absolute Gasteiger partial charge is 0.273 e. The molecule has 3 aromatic rings. The number of hydrogen-bond donors (Lipinski definition) is 2. The van der Waals surface area contributed by atoms with Gasteiger partial charge in [0.1, 0.15) is 5.82 Å². The maximum absolute atomic E-state index is 13.4. The Morgan fingerprint density at radius 3 is 2.76 bits per heavy atom. The summed E-state index contributed by atoms with van der Waals surface area (Å²) in [5.74, 6) is -0.734. The largest absolute Gasteiger partial charge is 0.360 e. The lowest BCUT2D eigenvalue weighted by Gasteiger charge is -1.98. The Kier molecular flexibility index (Phi) is 3.47. The number of carbonyl (C=O) groups excluding carboxylic acids is 1. The number of aromatic nitrogens is 1. The van der Waals surface area contributed by atoms with Crippen LogP contribution < -0.4 is 5.43 Å². The number of nitrogens with one attached hydrogen (secondary N) is 2. The topological polar surface area (TPSA) is 57.2 Å². The van der Waals surface area contributed by atoms with Gasteiger partial charge >= 0.3 is 0 Å². The van der Waals surface area contributed by atoms with E-state index in [4.69, 9.17) is 0 Å². The van der Waals surface area contributed by atoms with Crippen LogP contribution in [-0.4, -0.2) is 17.1 Å². The Morgan fingerprint density at radius 2 is 1.90 bits per heavy atom. The molecular weight excluding hydrogens is 269 g/mol. The Bertz CT molecular complexity index is 823. The number of aromatic amines is 1.